The molecule has 2 aromatic carbocycles. The minimum Gasteiger partial charge on any atom is -0.426 e. The molecule has 0 spiro atoms. The first-order chi connectivity index (χ1) is 14.2. The largest absolute Gasteiger partial charge is 0.426 e. The lowest BCUT2D eigenvalue weighted by molar-refractivity contribution is 0.443. The maximum absolute atomic E-state index is 12.2. The Morgan fingerprint density at radius 2 is 2.00 bits per heavy atom. The van der Waals surface area contributed by atoms with Crippen molar-refractivity contribution >= 4 is 27.9 Å². The van der Waals surface area contributed by atoms with Gasteiger partial charge in [0.1, 0.15) is 5.75 Å². The highest BCUT2D eigenvalue weighted by Gasteiger charge is 2.10. The number of H-pyrrole nitrogens is 1. The quantitative estimate of drug-likeness (QED) is 0.507. The smallest absolute Gasteiger partial charge is 0.302 e. The summed E-state index contributed by atoms with van der Waals surface area (Å²) in [5.41, 5.74) is 3.06. The van der Waals surface area contributed by atoms with E-state index < -0.39 is 0 Å². The number of nitrogens with zero attached hydrogens (tertiary/aromatic N) is 4. The number of fused-ring (bicyclic) bond motifs is 2. The van der Waals surface area contributed by atoms with Crippen molar-refractivity contribution < 1.29 is 4.74 Å². The monoisotopic (exact) mass is 381 g/mol. The number of nitrogens with one attached hydrogen (secondary N) is 1. The first-order valence-electron chi connectivity index (χ1n) is 8.94. The number of pyridine rings is 1. The molecule has 0 bridgehead atoms. The SMILES string of the molecule is C=Cc1ccccc1-n1ncc2cc(Oc3nc4cnccc4c(=O)[nH]3)ccc21. The number of hydrogen-bond donors (Lipinski definition) is 1. The molecule has 1 N–H and O–H groups in total. The van der Waals surface area contributed by atoms with Crippen LogP contribution in [0.25, 0.3) is 33.6 Å². The summed E-state index contributed by atoms with van der Waals surface area (Å²) in [6.07, 6.45) is 6.65. The van der Waals surface area contributed by atoms with Crippen molar-refractivity contribution in [2.45, 2.75) is 0 Å². The predicted molar refractivity (Wildman–Crippen MR) is 111 cm³/mol. The van der Waals surface area contributed by atoms with E-state index in [1.807, 2.05) is 47.1 Å². The highest BCUT2D eigenvalue weighted by atomic mass is 16.5. The fourth-order valence-electron chi connectivity index (χ4n) is 3.25. The molecule has 0 amide bonds. The number of hydrogen-bond acceptors (Lipinski definition) is 5. The molecule has 0 aliphatic heterocycles. The van der Waals surface area contributed by atoms with E-state index in [1.165, 1.54) is 6.20 Å². The first kappa shape index (κ1) is 16.9. The minimum atomic E-state index is -0.276. The van der Waals surface area contributed by atoms with E-state index >= 15 is 0 Å². The van der Waals surface area contributed by atoms with Gasteiger partial charge >= 0.3 is 6.01 Å². The Labute approximate surface area is 164 Å². The number of benzene rings is 2. The van der Waals surface area contributed by atoms with Gasteiger partial charge in [-0.1, -0.05) is 30.9 Å². The lowest BCUT2D eigenvalue weighted by Crippen LogP contribution is -2.09. The van der Waals surface area contributed by atoms with Crippen LogP contribution >= 0.6 is 0 Å². The fourth-order valence-corrected chi connectivity index (χ4v) is 3.25. The molecule has 0 radical (unpaired) electrons. The molecular formula is C22H15N5O2. The molecule has 0 saturated carbocycles. The topological polar surface area (TPSA) is 85.7 Å². The lowest BCUT2D eigenvalue weighted by Gasteiger charge is -2.08. The van der Waals surface area contributed by atoms with Crippen LogP contribution in [0.15, 0.2) is 78.5 Å². The first-order valence-corrected chi connectivity index (χ1v) is 8.94. The Balaban J connectivity index is 1.53. The van der Waals surface area contributed by atoms with Crippen LogP contribution < -0.4 is 10.3 Å². The van der Waals surface area contributed by atoms with E-state index in [4.69, 9.17) is 4.74 Å². The lowest BCUT2D eigenvalue weighted by atomic mass is 10.1. The van der Waals surface area contributed by atoms with Crippen molar-refractivity contribution in [3.63, 3.8) is 0 Å². The summed E-state index contributed by atoms with van der Waals surface area (Å²) in [5, 5.41) is 5.87. The Bertz CT molecular complexity index is 1430. The molecular weight excluding hydrogens is 366 g/mol. The van der Waals surface area contributed by atoms with Gasteiger partial charge in [0.2, 0.25) is 0 Å². The predicted octanol–water partition coefficient (Wildman–Crippen LogP) is 4.09. The third kappa shape index (κ3) is 2.94. The average molecular weight is 381 g/mol. The zero-order chi connectivity index (χ0) is 19.8. The second kappa shape index (κ2) is 6.72. The van der Waals surface area contributed by atoms with Crippen LogP contribution in [0, 0.1) is 0 Å². The Kier molecular flexibility index (Phi) is 3.91. The summed E-state index contributed by atoms with van der Waals surface area (Å²) in [6, 6.07) is 15.2. The minimum absolute atomic E-state index is 0.110. The highest BCUT2D eigenvalue weighted by Crippen LogP contribution is 2.27. The van der Waals surface area contributed by atoms with Crippen LogP contribution in [-0.4, -0.2) is 24.7 Å². The Hall–Kier alpha value is -4.26. The van der Waals surface area contributed by atoms with Gasteiger partial charge in [-0.05, 0) is 35.9 Å². The fraction of sp³-hybridized carbons (Fsp3) is 0. The van der Waals surface area contributed by atoms with Crippen molar-refractivity contribution in [3.05, 3.63) is 89.6 Å². The van der Waals surface area contributed by atoms with Crippen LogP contribution in [-0.2, 0) is 0 Å². The van der Waals surface area contributed by atoms with Crippen LogP contribution in [0.4, 0.5) is 0 Å². The van der Waals surface area contributed by atoms with Gasteiger partial charge in [0.15, 0.2) is 0 Å². The van der Waals surface area contributed by atoms with Gasteiger partial charge in [-0.25, -0.2) is 4.68 Å². The summed E-state index contributed by atoms with van der Waals surface area (Å²) in [6.45, 7) is 3.87. The third-order valence-corrected chi connectivity index (χ3v) is 4.63. The molecule has 7 heteroatoms. The zero-order valence-electron chi connectivity index (χ0n) is 15.2. The van der Waals surface area contributed by atoms with E-state index in [9.17, 15) is 4.79 Å². The van der Waals surface area contributed by atoms with Gasteiger partial charge < -0.3 is 4.74 Å². The standard InChI is InChI=1S/C22H15N5O2/c1-2-14-5-3-4-6-19(14)27-20-8-7-16(11-15(20)12-24-27)29-22-25-18-13-23-10-9-17(18)21(28)26-22/h2-13H,1H2,(H,25,26,28). The van der Waals surface area contributed by atoms with Crippen LogP contribution in [0.1, 0.15) is 5.56 Å². The number of ether oxygens (including phenoxy) is 1. The van der Waals surface area contributed by atoms with E-state index in [0.29, 0.717) is 16.7 Å². The molecule has 0 saturated heterocycles. The maximum Gasteiger partial charge on any atom is 0.302 e. The van der Waals surface area contributed by atoms with Crippen molar-refractivity contribution in [3.8, 4) is 17.4 Å². The number of aromatic nitrogens is 5. The van der Waals surface area contributed by atoms with Gasteiger partial charge in [0.25, 0.3) is 5.56 Å². The van der Waals surface area contributed by atoms with Gasteiger partial charge in [0.05, 0.1) is 34.5 Å². The third-order valence-electron chi connectivity index (χ3n) is 4.63. The summed E-state index contributed by atoms with van der Waals surface area (Å²) in [5.74, 6) is 0.542. The summed E-state index contributed by atoms with van der Waals surface area (Å²) in [4.78, 5) is 23.2. The van der Waals surface area contributed by atoms with Gasteiger partial charge in [-0.15, -0.1) is 0 Å². The van der Waals surface area contributed by atoms with Crippen LogP contribution in [0.5, 0.6) is 11.8 Å². The van der Waals surface area contributed by atoms with Crippen LogP contribution in [0.2, 0.25) is 0 Å². The second-order valence-electron chi connectivity index (χ2n) is 6.41. The summed E-state index contributed by atoms with van der Waals surface area (Å²) < 4.78 is 7.65. The summed E-state index contributed by atoms with van der Waals surface area (Å²) in [7, 11) is 0. The molecule has 0 aliphatic rings. The molecule has 5 rings (SSSR count). The molecule has 0 aliphatic carbocycles. The van der Waals surface area contributed by atoms with Crippen molar-refractivity contribution in [2.75, 3.05) is 0 Å². The Morgan fingerprint density at radius 1 is 1.10 bits per heavy atom. The molecule has 7 nitrogen and oxygen atoms in total. The van der Waals surface area contributed by atoms with Crippen molar-refractivity contribution in [2.24, 2.45) is 0 Å². The van der Waals surface area contributed by atoms with E-state index in [1.54, 1.807) is 24.5 Å². The number of aromatic amines is 1. The van der Waals surface area contributed by atoms with Gasteiger partial charge in [-0.2, -0.15) is 10.1 Å². The van der Waals surface area contributed by atoms with E-state index in [0.717, 1.165) is 22.2 Å². The van der Waals surface area contributed by atoms with E-state index in [-0.39, 0.29) is 11.6 Å². The molecule has 3 aromatic heterocycles. The molecule has 140 valence electrons. The Morgan fingerprint density at radius 3 is 2.90 bits per heavy atom. The molecule has 5 aromatic rings. The normalized spacial score (nSPS) is 11.0. The second-order valence-corrected chi connectivity index (χ2v) is 6.41. The average Bonchev–Trinajstić information content (AvgIpc) is 3.17. The number of rotatable bonds is 4. The van der Waals surface area contributed by atoms with Crippen LogP contribution in [0.3, 0.4) is 0 Å². The van der Waals surface area contributed by atoms with Gasteiger partial charge in [-0.3, -0.25) is 14.8 Å². The summed E-state index contributed by atoms with van der Waals surface area (Å²) >= 11 is 0. The highest BCUT2D eigenvalue weighted by molar-refractivity contribution is 5.83. The van der Waals surface area contributed by atoms with Crippen molar-refractivity contribution in [1.29, 1.82) is 0 Å². The maximum atomic E-state index is 12.2. The molecule has 3 heterocycles. The molecule has 0 unspecified atom stereocenters. The van der Waals surface area contributed by atoms with Crippen molar-refractivity contribution in [1.82, 2.24) is 24.7 Å². The molecule has 0 fully saturated rings. The zero-order valence-corrected chi connectivity index (χ0v) is 15.2. The number of para-hydroxylation sites is 1. The molecule has 0 atom stereocenters. The van der Waals surface area contributed by atoms with E-state index in [2.05, 4.69) is 26.6 Å². The van der Waals surface area contributed by atoms with Gasteiger partial charge in [0, 0.05) is 11.6 Å². The molecule has 29 heavy (non-hydrogen) atoms.